The molecule has 0 aromatic heterocycles. The Morgan fingerprint density at radius 2 is 1.81 bits per heavy atom. The highest BCUT2D eigenvalue weighted by atomic mass is 16.4. The van der Waals surface area contributed by atoms with E-state index >= 15 is 0 Å². The van der Waals surface area contributed by atoms with Gasteiger partial charge in [-0.25, -0.2) is 0 Å². The van der Waals surface area contributed by atoms with Crippen LogP contribution in [-0.2, 0) is 9.59 Å². The third-order valence-corrected chi connectivity index (χ3v) is 4.85. The van der Waals surface area contributed by atoms with Crippen molar-refractivity contribution in [2.45, 2.75) is 25.8 Å². The summed E-state index contributed by atoms with van der Waals surface area (Å²) in [6.07, 6.45) is 1.44. The van der Waals surface area contributed by atoms with Crippen LogP contribution in [0, 0.1) is 12.8 Å². The molecule has 26 heavy (non-hydrogen) atoms. The predicted octanol–water partition coefficient (Wildman–Crippen LogP) is 3.47. The highest BCUT2D eigenvalue weighted by Crippen LogP contribution is 2.28. The average Bonchev–Trinajstić information content (AvgIpc) is 2.65. The fraction of sp³-hybridized carbons (Fsp3) is 0.333. The molecule has 1 amide bonds. The molecule has 2 aromatic carbocycles. The number of aryl methyl sites for hydroxylation is 1. The van der Waals surface area contributed by atoms with Gasteiger partial charge in [-0.05, 0) is 44.0 Å². The molecule has 2 atom stereocenters. The maximum atomic E-state index is 13.1. The molecular weight excluding hydrogens is 328 g/mol. The van der Waals surface area contributed by atoms with Gasteiger partial charge in [0.05, 0.1) is 5.92 Å². The van der Waals surface area contributed by atoms with Crippen molar-refractivity contribution in [3.63, 3.8) is 0 Å². The van der Waals surface area contributed by atoms with Crippen molar-refractivity contribution in [1.29, 1.82) is 0 Å². The molecule has 0 bridgehead atoms. The Hall–Kier alpha value is -2.66. The number of nitrogens with zero attached hydrogens (tertiary/aromatic N) is 1. The van der Waals surface area contributed by atoms with Gasteiger partial charge in [0.15, 0.2) is 0 Å². The molecule has 3 rings (SSSR count). The van der Waals surface area contributed by atoms with Crippen LogP contribution in [0.1, 0.15) is 30.0 Å². The van der Waals surface area contributed by atoms with Gasteiger partial charge in [0.25, 0.3) is 0 Å². The molecular formula is C21H24N2O3. The topological polar surface area (TPSA) is 69.6 Å². The first-order valence-corrected chi connectivity index (χ1v) is 8.94. The molecule has 2 aromatic rings. The number of hydrogen-bond donors (Lipinski definition) is 2. The van der Waals surface area contributed by atoms with Gasteiger partial charge in [0, 0.05) is 12.2 Å². The van der Waals surface area contributed by atoms with Crippen LogP contribution in [0.3, 0.4) is 0 Å². The summed E-state index contributed by atoms with van der Waals surface area (Å²) in [4.78, 5) is 26.5. The van der Waals surface area contributed by atoms with E-state index < -0.39 is 17.9 Å². The Bertz CT molecular complexity index is 759. The minimum Gasteiger partial charge on any atom is -0.481 e. The van der Waals surface area contributed by atoms with Crippen LogP contribution in [-0.4, -0.2) is 35.0 Å². The second-order valence-electron chi connectivity index (χ2n) is 6.84. The van der Waals surface area contributed by atoms with E-state index in [1.165, 1.54) is 0 Å². The van der Waals surface area contributed by atoms with E-state index in [0.29, 0.717) is 19.5 Å². The fourth-order valence-electron chi connectivity index (χ4n) is 3.45. The first-order valence-electron chi connectivity index (χ1n) is 8.94. The quantitative estimate of drug-likeness (QED) is 0.864. The van der Waals surface area contributed by atoms with Crippen LogP contribution in [0.5, 0.6) is 0 Å². The highest BCUT2D eigenvalue weighted by molar-refractivity contribution is 5.95. The van der Waals surface area contributed by atoms with Crippen LogP contribution in [0.15, 0.2) is 54.6 Å². The summed E-state index contributed by atoms with van der Waals surface area (Å²) in [5.41, 5.74) is 2.75. The van der Waals surface area contributed by atoms with Crippen molar-refractivity contribution in [2.75, 3.05) is 18.4 Å². The Morgan fingerprint density at radius 1 is 1.12 bits per heavy atom. The van der Waals surface area contributed by atoms with E-state index in [2.05, 4.69) is 5.32 Å². The Balaban J connectivity index is 1.84. The number of carboxylic acid groups (broad SMARTS) is 1. The molecule has 5 nitrogen and oxygen atoms in total. The summed E-state index contributed by atoms with van der Waals surface area (Å²) >= 11 is 0. The zero-order valence-electron chi connectivity index (χ0n) is 14.9. The molecule has 1 heterocycles. The van der Waals surface area contributed by atoms with Crippen LogP contribution in [0.4, 0.5) is 5.69 Å². The van der Waals surface area contributed by atoms with Gasteiger partial charge in [0.1, 0.15) is 6.04 Å². The number of hydrogen-bond acceptors (Lipinski definition) is 3. The number of aliphatic carboxylic acids is 1. The van der Waals surface area contributed by atoms with Crippen molar-refractivity contribution in [1.82, 2.24) is 4.90 Å². The van der Waals surface area contributed by atoms with Crippen LogP contribution in [0.2, 0.25) is 0 Å². The third-order valence-electron chi connectivity index (χ3n) is 4.85. The normalized spacial score (nSPS) is 18.9. The van der Waals surface area contributed by atoms with Gasteiger partial charge in [-0.2, -0.15) is 0 Å². The SMILES string of the molecule is Cc1ccc(NC(=O)C(c2ccccc2)N2CCCC(C(=O)O)C2)cc1. The number of amides is 1. The molecule has 1 aliphatic rings. The number of carbonyl (C=O) groups is 2. The van der Waals surface area contributed by atoms with E-state index in [-0.39, 0.29) is 5.91 Å². The Kier molecular flexibility index (Phi) is 5.68. The van der Waals surface area contributed by atoms with Gasteiger partial charge < -0.3 is 10.4 Å². The van der Waals surface area contributed by atoms with Gasteiger partial charge in [-0.1, -0.05) is 48.0 Å². The second kappa shape index (κ2) is 8.15. The Labute approximate surface area is 153 Å². The summed E-state index contributed by atoms with van der Waals surface area (Å²) in [7, 11) is 0. The van der Waals surface area contributed by atoms with Gasteiger partial charge in [0.2, 0.25) is 5.91 Å². The second-order valence-corrected chi connectivity index (χ2v) is 6.84. The van der Waals surface area contributed by atoms with Gasteiger partial charge in [-0.3, -0.25) is 14.5 Å². The van der Waals surface area contributed by atoms with Crippen LogP contribution >= 0.6 is 0 Å². The third kappa shape index (κ3) is 4.29. The Morgan fingerprint density at radius 3 is 2.46 bits per heavy atom. The number of likely N-dealkylation sites (tertiary alicyclic amines) is 1. The zero-order chi connectivity index (χ0) is 18.5. The molecule has 1 fully saturated rings. The van der Waals surface area contributed by atoms with Crippen LogP contribution in [0.25, 0.3) is 0 Å². The lowest BCUT2D eigenvalue weighted by Crippen LogP contribution is -2.45. The summed E-state index contributed by atoms with van der Waals surface area (Å²) in [6, 6.07) is 16.7. The minimum atomic E-state index is -0.791. The lowest BCUT2D eigenvalue weighted by Gasteiger charge is -2.36. The first-order chi connectivity index (χ1) is 12.5. The van der Waals surface area contributed by atoms with Crippen molar-refractivity contribution in [3.8, 4) is 0 Å². The predicted molar refractivity (Wildman–Crippen MR) is 101 cm³/mol. The lowest BCUT2D eigenvalue weighted by atomic mass is 9.94. The smallest absolute Gasteiger partial charge is 0.307 e. The summed E-state index contributed by atoms with van der Waals surface area (Å²) in [5.74, 6) is -1.35. The van der Waals surface area contributed by atoms with E-state index in [1.807, 2.05) is 66.4 Å². The average molecular weight is 352 g/mol. The monoisotopic (exact) mass is 352 g/mol. The molecule has 0 spiro atoms. The molecule has 0 radical (unpaired) electrons. The zero-order valence-corrected chi connectivity index (χ0v) is 14.9. The highest BCUT2D eigenvalue weighted by Gasteiger charge is 2.34. The maximum Gasteiger partial charge on any atom is 0.307 e. The molecule has 2 N–H and O–H groups in total. The fourth-order valence-corrected chi connectivity index (χ4v) is 3.45. The number of anilines is 1. The number of carboxylic acids is 1. The van der Waals surface area contributed by atoms with Crippen molar-refractivity contribution in [2.24, 2.45) is 5.92 Å². The van der Waals surface area contributed by atoms with Crippen molar-refractivity contribution in [3.05, 3.63) is 65.7 Å². The largest absolute Gasteiger partial charge is 0.481 e. The molecule has 136 valence electrons. The number of piperidine rings is 1. The van der Waals surface area contributed by atoms with Crippen molar-refractivity contribution >= 4 is 17.6 Å². The molecule has 0 aliphatic carbocycles. The molecule has 0 saturated carbocycles. The van der Waals surface area contributed by atoms with E-state index in [1.54, 1.807) is 0 Å². The summed E-state index contributed by atoms with van der Waals surface area (Å²) < 4.78 is 0. The summed E-state index contributed by atoms with van der Waals surface area (Å²) in [5, 5.41) is 12.4. The molecule has 1 saturated heterocycles. The summed E-state index contributed by atoms with van der Waals surface area (Å²) in [6.45, 7) is 3.10. The maximum absolute atomic E-state index is 13.1. The molecule has 2 unspecified atom stereocenters. The molecule has 5 heteroatoms. The number of rotatable bonds is 5. The van der Waals surface area contributed by atoms with Gasteiger partial charge in [-0.15, -0.1) is 0 Å². The number of carbonyl (C=O) groups excluding carboxylic acids is 1. The van der Waals surface area contributed by atoms with E-state index in [4.69, 9.17) is 0 Å². The number of nitrogens with one attached hydrogen (secondary N) is 1. The molecule has 1 aliphatic heterocycles. The van der Waals surface area contributed by atoms with Crippen molar-refractivity contribution < 1.29 is 14.7 Å². The number of benzene rings is 2. The van der Waals surface area contributed by atoms with Gasteiger partial charge >= 0.3 is 5.97 Å². The van der Waals surface area contributed by atoms with E-state index in [9.17, 15) is 14.7 Å². The van der Waals surface area contributed by atoms with Crippen LogP contribution < -0.4 is 5.32 Å². The van der Waals surface area contributed by atoms with E-state index in [0.717, 1.165) is 23.2 Å². The first kappa shape index (κ1) is 18.1. The lowest BCUT2D eigenvalue weighted by molar-refractivity contribution is -0.144. The standard InChI is InChI=1S/C21H24N2O3/c1-15-9-11-18(12-10-15)22-20(24)19(16-6-3-2-4-7-16)23-13-5-8-17(14-23)21(25)26/h2-4,6-7,9-12,17,19H,5,8,13-14H2,1H3,(H,22,24)(H,25,26). The minimum absolute atomic E-state index is 0.133.